The minimum absolute atomic E-state index is 0.121. The van der Waals surface area contributed by atoms with Crippen molar-refractivity contribution in [3.05, 3.63) is 64.7 Å². The van der Waals surface area contributed by atoms with Gasteiger partial charge < -0.3 is 5.11 Å². The predicted octanol–water partition coefficient (Wildman–Crippen LogP) is 4.56. The maximum absolute atomic E-state index is 13.5. The fourth-order valence-electron chi connectivity index (χ4n) is 4.36. The maximum atomic E-state index is 13.5. The lowest BCUT2D eigenvalue weighted by Crippen LogP contribution is -2.44. The molecule has 29 heavy (non-hydrogen) atoms. The van der Waals surface area contributed by atoms with E-state index in [-0.39, 0.29) is 11.8 Å². The van der Waals surface area contributed by atoms with E-state index in [1.54, 1.807) is 18.2 Å². The molecular formula is C23H23ClN2O3. The van der Waals surface area contributed by atoms with Crippen LogP contribution < -0.4 is 4.90 Å². The number of carboxylic acid groups (broad SMARTS) is 1. The third-order valence-corrected chi connectivity index (χ3v) is 5.96. The van der Waals surface area contributed by atoms with E-state index in [9.17, 15) is 14.7 Å². The van der Waals surface area contributed by atoms with Crippen LogP contribution in [0.25, 0.3) is 0 Å². The second kappa shape index (κ2) is 8.37. The molecule has 5 nitrogen and oxygen atoms in total. The lowest BCUT2D eigenvalue weighted by atomic mass is 9.83. The summed E-state index contributed by atoms with van der Waals surface area (Å²) in [6.07, 6.45) is 5.17. The monoisotopic (exact) mass is 410 g/mol. The first-order chi connectivity index (χ1) is 14.0. The minimum Gasteiger partial charge on any atom is -0.480 e. The molecule has 1 N–H and O–H groups in total. The zero-order valence-electron chi connectivity index (χ0n) is 16.1. The summed E-state index contributed by atoms with van der Waals surface area (Å²) in [7, 11) is 0. The van der Waals surface area contributed by atoms with Gasteiger partial charge in [0.25, 0.3) is 5.91 Å². The number of amides is 1. The summed E-state index contributed by atoms with van der Waals surface area (Å²) < 4.78 is 0. The summed E-state index contributed by atoms with van der Waals surface area (Å²) in [5, 5.41) is 10.00. The van der Waals surface area contributed by atoms with E-state index in [2.05, 4.69) is 0 Å². The Labute approximate surface area is 175 Å². The molecule has 1 heterocycles. The number of carbonyl (C=O) groups is 2. The number of carboxylic acids is 1. The predicted molar refractivity (Wildman–Crippen MR) is 114 cm³/mol. The molecule has 0 radical (unpaired) electrons. The quantitative estimate of drug-likeness (QED) is 0.803. The number of rotatable bonds is 4. The summed E-state index contributed by atoms with van der Waals surface area (Å²) in [6, 6.07) is 14.3. The van der Waals surface area contributed by atoms with Crippen LogP contribution in [-0.4, -0.2) is 35.3 Å². The third kappa shape index (κ3) is 4.06. The van der Waals surface area contributed by atoms with E-state index >= 15 is 0 Å². The molecule has 0 spiro atoms. The fraction of sp³-hybridized carbons (Fsp3) is 0.348. The average molecular weight is 411 g/mol. The normalized spacial score (nSPS) is 20.0. The number of benzene rings is 2. The summed E-state index contributed by atoms with van der Waals surface area (Å²) in [5.41, 5.74) is 2.82. The first-order valence-electron chi connectivity index (χ1n) is 10.0. The van der Waals surface area contributed by atoms with Gasteiger partial charge in [-0.1, -0.05) is 61.2 Å². The number of halogens is 1. The van der Waals surface area contributed by atoms with Crippen molar-refractivity contribution in [3.63, 3.8) is 0 Å². The van der Waals surface area contributed by atoms with E-state index in [0.29, 0.717) is 22.0 Å². The van der Waals surface area contributed by atoms with Crippen molar-refractivity contribution in [1.82, 2.24) is 0 Å². The minimum atomic E-state index is -1.05. The Balaban J connectivity index is 1.91. The van der Waals surface area contributed by atoms with Gasteiger partial charge in [0.2, 0.25) is 0 Å². The average Bonchev–Trinajstić information content (AvgIpc) is 2.84. The van der Waals surface area contributed by atoms with Crippen molar-refractivity contribution in [2.75, 3.05) is 11.4 Å². The van der Waals surface area contributed by atoms with Crippen LogP contribution in [0.5, 0.6) is 0 Å². The fourth-order valence-corrected chi connectivity index (χ4v) is 4.53. The number of aliphatic imine (C=N–C) groups is 1. The van der Waals surface area contributed by atoms with Gasteiger partial charge in [0.05, 0.1) is 11.4 Å². The Morgan fingerprint density at radius 2 is 1.83 bits per heavy atom. The van der Waals surface area contributed by atoms with Crippen molar-refractivity contribution in [2.24, 2.45) is 10.9 Å². The maximum Gasteiger partial charge on any atom is 0.323 e. The standard InChI is InChI=1S/C23H23ClN2O3/c24-17-11-12-19-18(13-17)21(15-7-3-1-4-8-15)25-22(16-9-5-2-6-10-16)23(29)26(19)14-20(27)28/h1,3-4,7-8,11-13,16,22H,2,5-6,9-10,14H2,(H,27,28). The lowest BCUT2D eigenvalue weighted by molar-refractivity contribution is -0.137. The highest BCUT2D eigenvalue weighted by molar-refractivity contribution is 6.32. The molecule has 4 rings (SSSR count). The van der Waals surface area contributed by atoms with E-state index in [4.69, 9.17) is 16.6 Å². The molecule has 1 saturated carbocycles. The summed E-state index contributed by atoms with van der Waals surface area (Å²) in [5.74, 6) is -1.17. The zero-order chi connectivity index (χ0) is 20.4. The molecule has 1 aliphatic carbocycles. The molecule has 0 bridgehead atoms. The molecule has 2 aliphatic rings. The number of benzodiazepines with no additional fused rings is 1. The Kier molecular flexibility index (Phi) is 5.67. The molecule has 1 atom stereocenters. The molecule has 6 heteroatoms. The zero-order valence-corrected chi connectivity index (χ0v) is 16.8. The summed E-state index contributed by atoms with van der Waals surface area (Å²) in [4.78, 5) is 31.4. The topological polar surface area (TPSA) is 70.0 Å². The second-order valence-electron chi connectivity index (χ2n) is 7.67. The van der Waals surface area contributed by atoms with E-state index < -0.39 is 18.6 Å². The van der Waals surface area contributed by atoms with Crippen LogP contribution >= 0.6 is 11.6 Å². The van der Waals surface area contributed by atoms with Gasteiger partial charge in [-0.05, 0) is 37.0 Å². The lowest BCUT2D eigenvalue weighted by Gasteiger charge is -2.30. The Morgan fingerprint density at radius 1 is 1.10 bits per heavy atom. The SMILES string of the molecule is O=C(O)CN1C(=O)C(C2CCCCC2)N=C(c2ccccc2)c2cc(Cl)ccc21. The van der Waals surface area contributed by atoms with Crippen molar-refractivity contribution >= 4 is 34.9 Å². The molecule has 0 saturated heterocycles. The molecular weight excluding hydrogens is 388 g/mol. The van der Waals surface area contributed by atoms with E-state index in [0.717, 1.165) is 31.2 Å². The summed E-state index contributed by atoms with van der Waals surface area (Å²) >= 11 is 6.28. The number of aliphatic carboxylic acids is 1. The van der Waals surface area contributed by atoms with Gasteiger partial charge in [-0.15, -0.1) is 0 Å². The van der Waals surface area contributed by atoms with Gasteiger partial charge >= 0.3 is 5.97 Å². The van der Waals surface area contributed by atoms with Crippen LogP contribution in [0.3, 0.4) is 0 Å². The number of anilines is 1. The Bertz CT molecular complexity index is 952. The van der Waals surface area contributed by atoms with Gasteiger partial charge in [0.15, 0.2) is 0 Å². The number of carbonyl (C=O) groups excluding carboxylic acids is 1. The molecule has 150 valence electrons. The molecule has 1 unspecified atom stereocenters. The van der Waals surface area contributed by atoms with E-state index in [1.165, 1.54) is 11.3 Å². The van der Waals surface area contributed by atoms with E-state index in [1.807, 2.05) is 30.3 Å². The summed E-state index contributed by atoms with van der Waals surface area (Å²) in [6.45, 7) is -0.395. The molecule has 2 aromatic rings. The van der Waals surface area contributed by atoms with Gasteiger partial charge in [-0.2, -0.15) is 0 Å². The van der Waals surface area contributed by atoms with Crippen LogP contribution in [0.1, 0.15) is 43.2 Å². The van der Waals surface area contributed by atoms with Gasteiger partial charge in [0.1, 0.15) is 12.6 Å². The number of hydrogen-bond acceptors (Lipinski definition) is 3. The highest BCUT2D eigenvalue weighted by Gasteiger charge is 2.37. The van der Waals surface area contributed by atoms with Crippen molar-refractivity contribution in [2.45, 2.75) is 38.1 Å². The Hall–Kier alpha value is -2.66. The van der Waals surface area contributed by atoms with Crippen molar-refractivity contribution in [3.8, 4) is 0 Å². The highest BCUT2D eigenvalue weighted by Crippen LogP contribution is 2.36. The number of fused-ring (bicyclic) bond motifs is 1. The number of hydrogen-bond donors (Lipinski definition) is 1. The first-order valence-corrected chi connectivity index (χ1v) is 10.4. The molecule has 1 aliphatic heterocycles. The third-order valence-electron chi connectivity index (χ3n) is 5.73. The Morgan fingerprint density at radius 3 is 2.52 bits per heavy atom. The van der Waals surface area contributed by atoms with Crippen molar-refractivity contribution < 1.29 is 14.7 Å². The van der Waals surface area contributed by atoms with Crippen LogP contribution in [0, 0.1) is 5.92 Å². The highest BCUT2D eigenvalue weighted by atomic mass is 35.5. The van der Waals surface area contributed by atoms with Gasteiger partial charge in [-0.3, -0.25) is 19.5 Å². The van der Waals surface area contributed by atoms with Crippen molar-refractivity contribution in [1.29, 1.82) is 0 Å². The molecule has 1 amide bonds. The van der Waals surface area contributed by atoms with Crippen LogP contribution in [-0.2, 0) is 9.59 Å². The first kappa shape index (κ1) is 19.6. The second-order valence-corrected chi connectivity index (χ2v) is 8.10. The molecule has 0 aromatic heterocycles. The van der Waals surface area contributed by atoms with Crippen LogP contribution in [0.15, 0.2) is 53.5 Å². The van der Waals surface area contributed by atoms with Crippen LogP contribution in [0.4, 0.5) is 5.69 Å². The van der Waals surface area contributed by atoms with Gasteiger partial charge in [0, 0.05) is 16.1 Å². The smallest absolute Gasteiger partial charge is 0.323 e. The van der Waals surface area contributed by atoms with Gasteiger partial charge in [-0.25, -0.2) is 0 Å². The van der Waals surface area contributed by atoms with Crippen LogP contribution in [0.2, 0.25) is 5.02 Å². The number of nitrogens with zero attached hydrogens (tertiary/aromatic N) is 2. The molecule has 1 fully saturated rings. The largest absolute Gasteiger partial charge is 0.480 e. The molecule has 2 aromatic carbocycles.